The molecule has 1 aromatic heterocycles. The van der Waals surface area contributed by atoms with Gasteiger partial charge in [-0.15, -0.1) is 0 Å². The first-order valence-corrected chi connectivity index (χ1v) is 8.95. The van der Waals surface area contributed by atoms with Gasteiger partial charge in [0.15, 0.2) is 11.6 Å². The summed E-state index contributed by atoms with van der Waals surface area (Å²) < 4.78 is 58.8. The number of benzene rings is 2. The largest absolute Gasteiger partial charge is 0.339 e. The van der Waals surface area contributed by atoms with Crippen molar-refractivity contribution in [1.29, 1.82) is 0 Å². The van der Waals surface area contributed by atoms with Gasteiger partial charge in [0.05, 0.1) is 11.5 Å². The first kappa shape index (κ1) is 19.1. The monoisotopic (exact) mass is 405 g/mol. The number of nitrogens with zero attached hydrogens (tertiary/aromatic N) is 3. The topological polar surface area (TPSA) is 59.2 Å². The maximum atomic E-state index is 13.9. The number of hydrogen-bond acceptors (Lipinski definition) is 4. The molecule has 4 rings (SSSR count). The molecule has 1 saturated heterocycles. The normalized spacial score (nSPS) is 16.8. The molecule has 1 aliphatic rings. The van der Waals surface area contributed by atoms with Crippen LogP contribution in [-0.4, -0.2) is 34.0 Å². The van der Waals surface area contributed by atoms with Gasteiger partial charge in [0.2, 0.25) is 11.7 Å². The van der Waals surface area contributed by atoms with Crippen LogP contribution in [0.2, 0.25) is 0 Å². The molecule has 2 aromatic carbocycles. The van der Waals surface area contributed by atoms with Crippen LogP contribution in [0.15, 0.2) is 40.9 Å². The Kier molecular flexibility index (Phi) is 5.04. The molecule has 1 unspecified atom stereocenters. The molecular weight excluding hydrogens is 390 g/mol. The number of aromatic nitrogens is 2. The summed E-state index contributed by atoms with van der Waals surface area (Å²) >= 11 is 0. The molecule has 1 fully saturated rings. The van der Waals surface area contributed by atoms with Crippen molar-refractivity contribution in [1.82, 2.24) is 15.0 Å². The first-order chi connectivity index (χ1) is 13.9. The van der Waals surface area contributed by atoms with Gasteiger partial charge in [-0.05, 0) is 43.2 Å². The molecule has 2 heterocycles. The van der Waals surface area contributed by atoms with Crippen LogP contribution in [-0.2, 0) is 0 Å². The van der Waals surface area contributed by atoms with E-state index in [0.29, 0.717) is 19.4 Å². The van der Waals surface area contributed by atoms with Crippen LogP contribution in [0, 0.1) is 23.3 Å². The fourth-order valence-corrected chi connectivity index (χ4v) is 3.36. The lowest BCUT2D eigenvalue weighted by atomic mass is 9.97. The summed E-state index contributed by atoms with van der Waals surface area (Å²) in [7, 11) is 0. The van der Waals surface area contributed by atoms with Crippen LogP contribution in [0.1, 0.15) is 35.0 Å². The van der Waals surface area contributed by atoms with Crippen molar-refractivity contribution in [2.45, 2.75) is 18.8 Å². The molecular formula is C20H15F4N3O2. The summed E-state index contributed by atoms with van der Waals surface area (Å²) in [4.78, 5) is 18.3. The average Bonchev–Trinajstić information content (AvgIpc) is 3.19. The first-order valence-electron chi connectivity index (χ1n) is 8.95. The zero-order chi connectivity index (χ0) is 20.5. The maximum absolute atomic E-state index is 13.9. The van der Waals surface area contributed by atoms with Gasteiger partial charge in [-0.25, -0.2) is 17.6 Å². The highest BCUT2D eigenvalue weighted by atomic mass is 19.2. The van der Waals surface area contributed by atoms with Crippen LogP contribution < -0.4 is 0 Å². The molecule has 1 atom stereocenters. The van der Waals surface area contributed by atoms with Gasteiger partial charge in [0.25, 0.3) is 5.91 Å². The van der Waals surface area contributed by atoms with Crippen LogP contribution in [0.3, 0.4) is 0 Å². The number of halogens is 4. The molecule has 0 saturated carbocycles. The van der Waals surface area contributed by atoms with Gasteiger partial charge >= 0.3 is 0 Å². The highest BCUT2D eigenvalue weighted by Crippen LogP contribution is 2.29. The quantitative estimate of drug-likeness (QED) is 0.610. The minimum atomic E-state index is -1.09. The molecule has 9 heteroatoms. The van der Waals surface area contributed by atoms with E-state index in [1.807, 2.05) is 0 Å². The van der Waals surface area contributed by atoms with Crippen molar-refractivity contribution in [2.75, 3.05) is 13.1 Å². The predicted octanol–water partition coefficient (Wildman–Crippen LogP) is 4.31. The Bertz CT molecular complexity index is 1070. The van der Waals surface area contributed by atoms with E-state index in [2.05, 4.69) is 10.1 Å². The van der Waals surface area contributed by atoms with Gasteiger partial charge in [0, 0.05) is 24.7 Å². The lowest BCUT2D eigenvalue weighted by molar-refractivity contribution is 0.0695. The number of amides is 1. The van der Waals surface area contributed by atoms with E-state index in [9.17, 15) is 22.4 Å². The van der Waals surface area contributed by atoms with Gasteiger partial charge in [0.1, 0.15) is 11.6 Å². The van der Waals surface area contributed by atoms with Crippen LogP contribution in [0.25, 0.3) is 11.4 Å². The van der Waals surface area contributed by atoms with E-state index in [1.165, 1.54) is 17.0 Å². The van der Waals surface area contributed by atoms with E-state index in [0.717, 1.165) is 24.3 Å². The predicted molar refractivity (Wildman–Crippen MR) is 93.9 cm³/mol. The Hall–Kier alpha value is -3.23. The van der Waals surface area contributed by atoms with Gasteiger partial charge in [-0.3, -0.25) is 4.79 Å². The van der Waals surface area contributed by atoms with Crippen molar-refractivity contribution >= 4 is 5.91 Å². The summed E-state index contributed by atoms with van der Waals surface area (Å²) in [5.74, 6) is -4.14. The number of rotatable bonds is 3. The van der Waals surface area contributed by atoms with Gasteiger partial charge < -0.3 is 9.42 Å². The van der Waals surface area contributed by atoms with E-state index in [4.69, 9.17) is 4.52 Å². The molecule has 0 radical (unpaired) electrons. The molecule has 1 amide bonds. The minimum Gasteiger partial charge on any atom is -0.339 e. The Morgan fingerprint density at radius 3 is 2.62 bits per heavy atom. The van der Waals surface area contributed by atoms with Crippen molar-refractivity contribution < 1.29 is 26.9 Å². The molecule has 1 aliphatic heterocycles. The second-order valence-electron chi connectivity index (χ2n) is 6.80. The van der Waals surface area contributed by atoms with Crippen LogP contribution >= 0.6 is 0 Å². The SMILES string of the molecule is O=C(c1ccc(F)c(F)c1)N1CCCC(c2nc(-c3ccc(F)cc3F)no2)C1. The van der Waals surface area contributed by atoms with Crippen molar-refractivity contribution in [3.63, 3.8) is 0 Å². The van der Waals surface area contributed by atoms with Crippen molar-refractivity contribution in [2.24, 2.45) is 0 Å². The standard InChI is InChI=1S/C20H15F4N3O2/c21-13-4-5-14(16(23)9-13)18-25-19(29-26-18)12-2-1-7-27(10-12)20(28)11-3-6-15(22)17(24)8-11/h3-6,8-9,12H,1-2,7,10H2. The number of carbonyl (C=O) groups excluding carboxylic acids is 1. The zero-order valence-corrected chi connectivity index (χ0v) is 15.0. The van der Waals surface area contributed by atoms with Crippen molar-refractivity contribution in [3.05, 3.63) is 71.1 Å². The summed E-state index contributed by atoms with van der Waals surface area (Å²) in [6, 6.07) is 6.05. The van der Waals surface area contributed by atoms with Crippen LogP contribution in [0.4, 0.5) is 17.6 Å². The Labute approximate surface area is 162 Å². The lowest BCUT2D eigenvalue weighted by Crippen LogP contribution is -2.39. The highest BCUT2D eigenvalue weighted by molar-refractivity contribution is 5.94. The van der Waals surface area contributed by atoms with E-state index in [1.54, 1.807) is 0 Å². The highest BCUT2D eigenvalue weighted by Gasteiger charge is 2.30. The third-order valence-corrected chi connectivity index (χ3v) is 4.84. The summed E-state index contributed by atoms with van der Waals surface area (Å²) in [6.45, 7) is 0.688. The van der Waals surface area contributed by atoms with Crippen LogP contribution in [0.5, 0.6) is 0 Å². The second kappa shape index (κ2) is 7.65. The maximum Gasteiger partial charge on any atom is 0.253 e. The third-order valence-electron chi connectivity index (χ3n) is 4.84. The van der Waals surface area contributed by atoms with Gasteiger partial charge in [-0.2, -0.15) is 4.98 Å². The Balaban J connectivity index is 1.52. The summed E-state index contributed by atoms with van der Waals surface area (Å²) in [6.07, 6.45) is 1.30. The fraction of sp³-hybridized carbons (Fsp3) is 0.250. The Morgan fingerprint density at radius 2 is 1.86 bits per heavy atom. The molecule has 3 aromatic rings. The lowest BCUT2D eigenvalue weighted by Gasteiger charge is -2.31. The number of carbonyl (C=O) groups is 1. The summed E-state index contributed by atoms with van der Waals surface area (Å²) in [5.41, 5.74) is 0.0519. The number of hydrogen-bond donors (Lipinski definition) is 0. The zero-order valence-electron chi connectivity index (χ0n) is 15.0. The second-order valence-corrected chi connectivity index (χ2v) is 6.80. The minimum absolute atomic E-state index is 0.00642. The number of piperidine rings is 1. The summed E-state index contributed by atoms with van der Waals surface area (Å²) in [5, 5.41) is 3.76. The van der Waals surface area contributed by atoms with E-state index < -0.39 is 29.2 Å². The molecule has 0 spiro atoms. The van der Waals surface area contributed by atoms with E-state index >= 15 is 0 Å². The molecule has 0 bridgehead atoms. The smallest absolute Gasteiger partial charge is 0.253 e. The van der Waals surface area contributed by atoms with E-state index in [-0.39, 0.29) is 35.3 Å². The fourth-order valence-electron chi connectivity index (χ4n) is 3.36. The Morgan fingerprint density at radius 1 is 1.03 bits per heavy atom. The molecule has 0 aliphatic carbocycles. The molecule has 150 valence electrons. The molecule has 0 N–H and O–H groups in total. The molecule has 5 nitrogen and oxygen atoms in total. The third kappa shape index (κ3) is 3.85. The number of likely N-dealkylation sites (tertiary alicyclic amines) is 1. The van der Waals surface area contributed by atoms with Gasteiger partial charge in [-0.1, -0.05) is 5.16 Å². The average molecular weight is 405 g/mol. The van der Waals surface area contributed by atoms with Crippen molar-refractivity contribution in [3.8, 4) is 11.4 Å². The molecule has 29 heavy (non-hydrogen) atoms.